The SMILES string of the molecule is [C-]#[N+]CCCOCC(C#N)CN(CC=C)C(=O)OC(C)(C)C. The number of nitriles is 1. The molecule has 0 aromatic rings. The van der Waals surface area contributed by atoms with Gasteiger partial charge in [-0.1, -0.05) is 6.08 Å². The van der Waals surface area contributed by atoms with Gasteiger partial charge in [0.1, 0.15) is 5.60 Å². The van der Waals surface area contributed by atoms with Crippen LogP contribution in [0.1, 0.15) is 27.2 Å². The Morgan fingerprint density at radius 2 is 2.23 bits per heavy atom. The third-order valence-electron chi connectivity index (χ3n) is 2.50. The second-order valence-electron chi connectivity index (χ2n) is 5.81. The molecule has 0 fully saturated rings. The van der Waals surface area contributed by atoms with Gasteiger partial charge in [-0.3, -0.25) is 0 Å². The minimum atomic E-state index is -0.588. The molecular weight excluding hydrogens is 282 g/mol. The number of carbonyl (C=O) groups is 1. The van der Waals surface area contributed by atoms with E-state index in [0.717, 1.165) is 0 Å². The molecule has 0 saturated heterocycles. The molecule has 0 aromatic heterocycles. The van der Waals surface area contributed by atoms with Crippen LogP contribution in [0.15, 0.2) is 12.7 Å². The zero-order valence-corrected chi connectivity index (χ0v) is 13.7. The van der Waals surface area contributed by atoms with Crippen molar-refractivity contribution in [2.45, 2.75) is 32.8 Å². The summed E-state index contributed by atoms with van der Waals surface area (Å²) in [4.78, 5) is 16.8. The molecule has 0 N–H and O–H groups in total. The highest BCUT2D eigenvalue weighted by Gasteiger charge is 2.24. The van der Waals surface area contributed by atoms with Crippen LogP contribution in [0.5, 0.6) is 0 Å². The third kappa shape index (κ3) is 9.79. The maximum absolute atomic E-state index is 12.1. The van der Waals surface area contributed by atoms with Crippen molar-refractivity contribution in [3.8, 4) is 6.07 Å². The quantitative estimate of drug-likeness (QED) is 0.373. The van der Waals surface area contributed by atoms with Gasteiger partial charge in [0.2, 0.25) is 6.54 Å². The Balaban J connectivity index is 4.44. The highest BCUT2D eigenvalue weighted by atomic mass is 16.6. The molecule has 0 saturated carbocycles. The minimum absolute atomic E-state index is 0.222. The van der Waals surface area contributed by atoms with Gasteiger partial charge < -0.3 is 19.2 Å². The first-order valence-corrected chi connectivity index (χ1v) is 7.23. The van der Waals surface area contributed by atoms with Crippen LogP contribution >= 0.6 is 0 Å². The Hall–Kier alpha value is -2.05. The molecule has 0 spiro atoms. The number of hydrogen-bond acceptors (Lipinski definition) is 4. The lowest BCUT2D eigenvalue weighted by Crippen LogP contribution is -2.40. The molecule has 0 aliphatic heterocycles. The summed E-state index contributed by atoms with van der Waals surface area (Å²) in [5.41, 5.74) is -0.588. The predicted octanol–water partition coefficient (Wildman–Crippen LogP) is 2.88. The van der Waals surface area contributed by atoms with Gasteiger partial charge in [-0.2, -0.15) is 5.26 Å². The summed E-state index contributed by atoms with van der Waals surface area (Å²) in [7, 11) is 0. The molecule has 0 aliphatic rings. The number of ether oxygens (including phenoxy) is 2. The first-order chi connectivity index (χ1) is 10.3. The van der Waals surface area contributed by atoms with Crippen LogP contribution in [-0.2, 0) is 9.47 Å². The second-order valence-corrected chi connectivity index (χ2v) is 5.81. The summed E-state index contributed by atoms with van der Waals surface area (Å²) in [6, 6.07) is 2.13. The Morgan fingerprint density at radius 1 is 1.55 bits per heavy atom. The van der Waals surface area contributed by atoms with Crippen LogP contribution in [0, 0.1) is 23.8 Å². The van der Waals surface area contributed by atoms with E-state index in [1.54, 1.807) is 26.8 Å². The molecule has 1 unspecified atom stereocenters. The Kier molecular flexibility index (Phi) is 9.65. The van der Waals surface area contributed by atoms with Crippen LogP contribution in [0.4, 0.5) is 4.79 Å². The Labute approximate surface area is 133 Å². The van der Waals surface area contributed by atoms with Gasteiger partial charge in [0.15, 0.2) is 0 Å². The van der Waals surface area contributed by atoms with E-state index in [9.17, 15) is 10.1 Å². The molecule has 0 rings (SSSR count). The van der Waals surface area contributed by atoms with Crippen molar-refractivity contribution in [3.63, 3.8) is 0 Å². The molecule has 122 valence electrons. The monoisotopic (exact) mass is 307 g/mol. The molecule has 0 radical (unpaired) electrons. The number of carbonyl (C=O) groups excluding carboxylic acids is 1. The van der Waals surface area contributed by atoms with E-state index in [1.807, 2.05) is 0 Å². The van der Waals surface area contributed by atoms with Crippen molar-refractivity contribution >= 4 is 6.09 Å². The summed E-state index contributed by atoms with van der Waals surface area (Å²) in [5.74, 6) is -0.444. The number of rotatable bonds is 9. The van der Waals surface area contributed by atoms with Gasteiger partial charge in [-0.25, -0.2) is 11.4 Å². The first-order valence-electron chi connectivity index (χ1n) is 7.23. The average Bonchev–Trinajstić information content (AvgIpc) is 2.43. The van der Waals surface area contributed by atoms with Crippen molar-refractivity contribution in [2.24, 2.45) is 5.92 Å². The summed E-state index contributed by atoms with van der Waals surface area (Å²) in [6.45, 7) is 17.3. The lowest BCUT2D eigenvalue weighted by molar-refractivity contribution is 0.0222. The van der Waals surface area contributed by atoms with Crippen molar-refractivity contribution in [3.05, 3.63) is 24.1 Å². The molecule has 6 heteroatoms. The summed E-state index contributed by atoms with van der Waals surface area (Å²) in [6.07, 6.45) is 1.76. The van der Waals surface area contributed by atoms with Crippen molar-refractivity contribution < 1.29 is 14.3 Å². The lowest BCUT2D eigenvalue weighted by Gasteiger charge is -2.27. The molecular formula is C16H25N3O3. The Morgan fingerprint density at radius 3 is 2.73 bits per heavy atom. The number of nitrogens with zero attached hydrogens (tertiary/aromatic N) is 3. The fourth-order valence-electron chi connectivity index (χ4n) is 1.57. The summed E-state index contributed by atoms with van der Waals surface area (Å²) in [5, 5.41) is 9.18. The molecule has 0 aliphatic carbocycles. The van der Waals surface area contributed by atoms with E-state index in [2.05, 4.69) is 17.5 Å². The van der Waals surface area contributed by atoms with E-state index < -0.39 is 17.6 Å². The van der Waals surface area contributed by atoms with Crippen molar-refractivity contribution in [2.75, 3.05) is 32.8 Å². The topological polar surface area (TPSA) is 66.9 Å². The van der Waals surface area contributed by atoms with Gasteiger partial charge >= 0.3 is 6.09 Å². The van der Waals surface area contributed by atoms with Crippen molar-refractivity contribution in [1.29, 1.82) is 5.26 Å². The molecule has 1 amide bonds. The molecule has 0 heterocycles. The van der Waals surface area contributed by atoms with Crippen LogP contribution in [0.25, 0.3) is 4.85 Å². The lowest BCUT2D eigenvalue weighted by atomic mass is 10.1. The van der Waals surface area contributed by atoms with Gasteiger partial charge in [0, 0.05) is 19.5 Å². The maximum Gasteiger partial charge on any atom is 0.410 e. The molecule has 1 atom stereocenters. The first kappa shape index (κ1) is 19.9. The van der Waals surface area contributed by atoms with E-state index in [4.69, 9.17) is 16.0 Å². The number of hydrogen-bond donors (Lipinski definition) is 0. The van der Waals surface area contributed by atoms with Gasteiger partial charge in [-0.05, 0) is 20.8 Å². The van der Waals surface area contributed by atoms with Gasteiger partial charge in [0.25, 0.3) is 0 Å². The van der Waals surface area contributed by atoms with E-state index in [0.29, 0.717) is 26.1 Å². The Bertz CT molecular complexity index is 429. The molecule has 22 heavy (non-hydrogen) atoms. The zero-order chi connectivity index (χ0) is 17.0. The average molecular weight is 307 g/mol. The van der Waals surface area contributed by atoms with Crippen LogP contribution < -0.4 is 0 Å². The fraction of sp³-hybridized carbons (Fsp3) is 0.688. The molecule has 0 bridgehead atoms. The maximum atomic E-state index is 12.1. The highest BCUT2D eigenvalue weighted by molar-refractivity contribution is 5.68. The highest BCUT2D eigenvalue weighted by Crippen LogP contribution is 2.11. The number of amides is 1. The summed E-state index contributed by atoms with van der Waals surface area (Å²) < 4.78 is 10.7. The van der Waals surface area contributed by atoms with Crippen LogP contribution in [0.2, 0.25) is 0 Å². The molecule has 6 nitrogen and oxygen atoms in total. The predicted molar refractivity (Wildman–Crippen MR) is 84.0 cm³/mol. The molecule has 0 aromatic carbocycles. The van der Waals surface area contributed by atoms with Crippen LogP contribution in [-0.4, -0.2) is 49.4 Å². The fourth-order valence-corrected chi connectivity index (χ4v) is 1.57. The van der Waals surface area contributed by atoms with Gasteiger partial charge in [-0.15, -0.1) is 6.58 Å². The standard InChI is InChI=1S/C16H25N3O3/c1-6-9-19(15(20)22-16(2,3)4)12-14(11-17)13-21-10-7-8-18-5/h6,14H,1,7-10,12-13H2,2-4H3. The van der Waals surface area contributed by atoms with E-state index in [-0.39, 0.29) is 13.2 Å². The largest absolute Gasteiger partial charge is 0.444 e. The van der Waals surface area contributed by atoms with Crippen LogP contribution in [0.3, 0.4) is 0 Å². The van der Waals surface area contributed by atoms with E-state index >= 15 is 0 Å². The smallest absolute Gasteiger partial charge is 0.410 e. The second kappa shape index (κ2) is 10.6. The summed E-state index contributed by atoms with van der Waals surface area (Å²) >= 11 is 0. The third-order valence-corrected chi connectivity index (χ3v) is 2.50. The normalized spacial score (nSPS) is 11.9. The zero-order valence-electron chi connectivity index (χ0n) is 13.7. The minimum Gasteiger partial charge on any atom is -0.444 e. The van der Waals surface area contributed by atoms with Crippen molar-refractivity contribution in [1.82, 2.24) is 4.90 Å². The van der Waals surface area contributed by atoms with E-state index in [1.165, 1.54) is 4.90 Å². The van der Waals surface area contributed by atoms with Gasteiger partial charge in [0.05, 0.1) is 25.2 Å².